The second-order valence-electron chi connectivity index (χ2n) is 12.0. The SMILES string of the molecule is CCc1cc(NCC(C)C)c(O)c2c1C[C@@]1(N)C[C@@]3(N)[C@H](N(C)C)C(=O)C(C(N)=O)C(=O)[C@@]3(C#N)C(=O)C1C2=O. The molecule has 2 unspecified atom stereocenters. The molecule has 0 bridgehead atoms. The first kappa shape index (κ1) is 29.3. The number of phenols is 1. The van der Waals surface area contributed by atoms with E-state index in [1.54, 1.807) is 12.1 Å². The first-order valence-corrected chi connectivity index (χ1v) is 13.3. The lowest BCUT2D eigenvalue weighted by Gasteiger charge is -2.60. The van der Waals surface area contributed by atoms with Crippen LogP contribution in [-0.2, 0) is 32.0 Å². The van der Waals surface area contributed by atoms with Gasteiger partial charge < -0.3 is 27.6 Å². The normalized spacial score (nSPS) is 33.4. The number of aryl methyl sites for hydroxylation is 1. The van der Waals surface area contributed by atoms with Gasteiger partial charge in [0.1, 0.15) is 11.7 Å². The van der Waals surface area contributed by atoms with Crippen molar-refractivity contribution in [1.29, 1.82) is 5.26 Å². The number of nitrogens with zero attached hydrogens (tertiary/aromatic N) is 2. The number of nitrogens with two attached hydrogens (primary N) is 3. The Labute approximate surface area is 232 Å². The van der Waals surface area contributed by atoms with Crippen molar-refractivity contribution in [2.24, 2.45) is 40.4 Å². The number of phenolic OH excluding ortho intramolecular Hbond substituents is 1. The first-order valence-electron chi connectivity index (χ1n) is 13.3. The van der Waals surface area contributed by atoms with E-state index in [0.717, 1.165) is 5.56 Å². The van der Waals surface area contributed by atoms with Crippen molar-refractivity contribution in [3.63, 3.8) is 0 Å². The highest BCUT2D eigenvalue weighted by molar-refractivity contribution is 6.33. The van der Waals surface area contributed by atoms with Crippen molar-refractivity contribution >= 4 is 34.7 Å². The summed E-state index contributed by atoms with van der Waals surface area (Å²) in [5.74, 6) is -9.58. The number of benzene rings is 1. The summed E-state index contributed by atoms with van der Waals surface area (Å²) in [5, 5.41) is 24.8. The van der Waals surface area contributed by atoms with Crippen LogP contribution in [0.3, 0.4) is 0 Å². The minimum atomic E-state index is -2.76. The van der Waals surface area contributed by atoms with Crippen molar-refractivity contribution in [2.75, 3.05) is 26.0 Å². The highest BCUT2D eigenvalue weighted by atomic mass is 16.3. The molecule has 2 fully saturated rings. The van der Waals surface area contributed by atoms with E-state index in [0.29, 0.717) is 24.2 Å². The molecule has 40 heavy (non-hydrogen) atoms. The predicted molar refractivity (Wildman–Crippen MR) is 144 cm³/mol. The number of likely N-dealkylation sites (N-methyl/N-ethyl adjacent to an activating group) is 1. The maximum Gasteiger partial charge on any atom is 0.235 e. The number of carbonyl (C=O) groups is 5. The Bertz CT molecular complexity index is 1400. The van der Waals surface area contributed by atoms with Gasteiger partial charge in [0.25, 0.3) is 0 Å². The molecule has 0 spiro atoms. The first-order chi connectivity index (χ1) is 18.5. The topological polar surface area (TPSA) is 223 Å². The van der Waals surface area contributed by atoms with Crippen molar-refractivity contribution in [1.82, 2.24) is 4.90 Å². The number of hydrogen-bond acceptors (Lipinski definition) is 11. The third-order valence-electron chi connectivity index (χ3n) is 8.76. The molecule has 0 saturated heterocycles. The van der Waals surface area contributed by atoms with Crippen LogP contribution in [0.1, 0.15) is 48.7 Å². The Morgan fingerprint density at radius 2 is 1.85 bits per heavy atom. The Morgan fingerprint density at radius 3 is 2.35 bits per heavy atom. The zero-order chi connectivity index (χ0) is 30.1. The summed E-state index contributed by atoms with van der Waals surface area (Å²) in [4.78, 5) is 69.4. The number of nitriles is 1. The van der Waals surface area contributed by atoms with E-state index in [4.69, 9.17) is 17.2 Å². The molecule has 0 heterocycles. The lowest BCUT2D eigenvalue weighted by Crippen LogP contribution is -2.85. The Morgan fingerprint density at radius 1 is 1.23 bits per heavy atom. The van der Waals surface area contributed by atoms with E-state index in [9.17, 15) is 34.3 Å². The van der Waals surface area contributed by atoms with Gasteiger partial charge in [-0.2, -0.15) is 5.26 Å². The van der Waals surface area contributed by atoms with Crippen LogP contribution in [0.4, 0.5) is 5.69 Å². The number of primary amides is 1. The number of fused-ring (bicyclic) bond motifs is 3. The molecular formula is C28H36N6O6. The van der Waals surface area contributed by atoms with Gasteiger partial charge in [-0.1, -0.05) is 20.8 Å². The fourth-order valence-electron chi connectivity index (χ4n) is 7.11. The third-order valence-corrected chi connectivity index (χ3v) is 8.76. The van der Waals surface area contributed by atoms with E-state index in [1.807, 2.05) is 20.8 Å². The van der Waals surface area contributed by atoms with E-state index in [1.165, 1.54) is 19.0 Å². The highest BCUT2D eigenvalue weighted by Gasteiger charge is 2.78. The molecule has 0 aromatic heterocycles. The molecule has 1 aromatic carbocycles. The van der Waals surface area contributed by atoms with Crippen LogP contribution in [0.15, 0.2) is 6.07 Å². The minimum Gasteiger partial charge on any atom is -0.505 e. The molecule has 214 valence electrons. The van der Waals surface area contributed by atoms with Crippen LogP contribution in [-0.4, -0.2) is 76.8 Å². The van der Waals surface area contributed by atoms with Crippen LogP contribution in [0.25, 0.3) is 0 Å². The molecule has 1 amide bonds. The number of amides is 1. The molecule has 2 saturated carbocycles. The fraction of sp³-hybridized carbons (Fsp3) is 0.571. The number of rotatable bonds is 6. The van der Waals surface area contributed by atoms with Crippen LogP contribution in [0.5, 0.6) is 5.75 Å². The highest BCUT2D eigenvalue weighted by Crippen LogP contribution is 2.57. The van der Waals surface area contributed by atoms with Gasteiger partial charge in [0, 0.05) is 12.1 Å². The molecule has 0 aliphatic heterocycles. The van der Waals surface area contributed by atoms with Gasteiger partial charge in [0.15, 0.2) is 34.5 Å². The van der Waals surface area contributed by atoms with Crippen LogP contribution in [0.2, 0.25) is 0 Å². The average Bonchev–Trinajstić information content (AvgIpc) is 2.82. The van der Waals surface area contributed by atoms with Crippen LogP contribution in [0, 0.1) is 34.5 Å². The number of aromatic hydroxyl groups is 1. The number of hydrogen-bond donors (Lipinski definition) is 5. The number of anilines is 1. The fourth-order valence-corrected chi connectivity index (χ4v) is 7.11. The van der Waals surface area contributed by atoms with Gasteiger partial charge in [0.2, 0.25) is 5.91 Å². The molecule has 1 aromatic rings. The smallest absolute Gasteiger partial charge is 0.235 e. The van der Waals surface area contributed by atoms with Crippen molar-refractivity contribution < 1.29 is 29.1 Å². The largest absolute Gasteiger partial charge is 0.505 e. The van der Waals surface area contributed by atoms with Gasteiger partial charge in [-0.05, 0) is 56.5 Å². The summed E-state index contributed by atoms with van der Waals surface area (Å²) in [6, 6.07) is 2.02. The molecule has 6 atom stereocenters. The minimum absolute atomic E-state index is 0.0755. The molecule has 8 N–H and O–H groups in total. The standard InChI is InChI=1S/C28H36N6O6/c1-6-13-7-15(33-9-12(2)3)19(35)16-14(13)8-26(31)10-28(32)22(34(4)5)21(37)17(25(30)40)23(38)27(28,11-29)24(39)18(26)20(16)36/h7,12,17-18,22,33,35H,6,8-10,31-32H2,1-5H3,(H2,30,40)/t17?,18?,22-,26-,27+,28-/m1/s1. The third kappa shape index (κ3) is 3.64. The second-order valence-corrected chi connectivity index (χ2v) is 12.0. The van der Waals surface area contributed by atoms with E-state index < -0.39 is 69.8 Å². The second kappa shape index (κ2) is 9.47. The van der Waals surface area contributed by atoms with Gasteiger partial charge in [-0.3, -0.25) is 28.9 Å². The van der Waals surface area contributed by atoms with E-state index in [2.05, 4.69) is 5.32 Å². The molecule has 4 rings (SSSR count). The average molecular weight is 553 g/mol. The summed E-state index contributed by atoms with van der Waals surface area (Å²) in [6.07, 6.45) is -0.0272. The maximum atomic E-state index is 14.4. The van der Waals surface area contributed by atoms with Crippen molar-refractivity contribution in [3.05, 3.63) is 22.8 Å². The van der Waals surface area contributed by atoms with E-state index >= 15 is 0 Å². The maximum absolute atomic E-state index is 14.4. The van der Waals surface area contributed by atoms with Crippen LogP contribution >= 0.6 is 0 Å². The summed E-state index contributed by atoms with van der Waals surface area (Å²) in [5.41, 5.74) is 13.9. The van der Waals surface area contributed by atoms with Gasteiger partial charge in [-0.25, -0.2) is 0 Å². The van der Waals surface area contributed by atoms with Crippen molar-refractivity contribution in [3.8, 4) is 11.8 Å². The Kier molecular flexibility index (Phi) is 6.94. The molecule has 3 aliphatic carbocycles. The summed E-state index contributed by atoms with van der Waals surface area (Å²) in [7, 11) is 2.93. The summed E-state index contributed by atoms with van der Waals surface area (Å²) < 4.78 is 0. The monoisotopic (exact) mass is 552 g/mol. The van der Waals surface area contributed by atoms with E-state index in [-0.39, 0.29) is 23.7 Å². The van der Waals surface area contributed by atoms with Crippen molar-refractivity contribution in [2.45, 2.75) is 57.2 Å². The molecule has 3 aliphatic rings. The summed E-state index contributed by atoms with van der Waals surface area (Å²) in [6.45, 7) is 6.33. The number of nitrogens with one attached hydrogen (secondary N) is 1. The zero-order valence-electron chi connectivity index (χ0n) is 23.3. The quantitative estimate of drug-likeness (QED) is 0.222. The molecule has 12 nitrogen and oxygen atoms in total. The lowest BCUT2D eigenvalue weighted by atomic mass is 9.42. The molecule has 0 radical (unpaired) electrons. The number of Topliss-reactive ketones (excluding diaryl/α,β-unsaturated/α-hetero) is 4. The number of ketones is 4. The Balaban J connectivity index is 1.99. The van der Waals surface area contributed by atoms with Gasteiger partial charge >= 0.3 is 0 Å². The lowest BCUT2D eigenvalue weighted by molar-refractivity contribution is -0.166. The molecular weight excluding hydrogens is 516 g/mol. The summed E-state index contributed by atoms with van der Waals surface area (Å²) >= 11 is 0. The Hall–Kier alpha value is -3.66. The molecule has 12 heteroatoms. The zero-order valence-corrected chi connectivity index (χ0v) is 23.3. The predicted octanol–water partition coefficient (Wildman–Crippen LogP) is -0.561. The number of carbonyl (C=O) groups excluding carboxylic acids is 5. The van der Waals surface area contributed by atoms with Gasteiger partial charge in [0.05, 0.1) is 28.9 Å². The van der Waals surface area contributed by atoms with Gasteiger partial charge in [-0.15, -0.1) is 0 Å². The van der Waals surface area contributed by atoms with Crippen LogP contribution < -0.4 is 22.5 Å².